The number of rotatable bonds is 5. The van der Waals surface area contributed by atoms with Gasteiger partial charge in [0.15, 0.2) is 6.61 Å². The summed E-state index contributed by atoms with van der Waals surface area (Å²) in [5.41, 5.74) is 2.50. The summed E-state index contributed by atoms with van der Waals surface area (Å²) in [6.45, 7) is 2.12. The van der Waals surface area contributed by atoms with Crippen molar-refractivity contribution in [2.45, 2.75) is 13.5 Å². The summed E-state index contributed by atoms with van der Waals surface area (Å²) in [7, 11) is 1.68. The van der Waals surface area contributed by atoms with Crippen LogP contribution in [0.25, 0.3) is 0 Å². The molecule has 2 aromatic rings. The summed E-state index contributed by atoms with van der Waals surface area (Å²) in [6, 6.07) is 14.7. The van der Waals surface area contributed by atoms with Crippen LogP contribution < -0.4 is 0 Å². The molecule has 4 nitrogen and oxygen atoms in total. The number of carbonyl (C=O) groups is 2. The van der Waals surface area contributed by atoms with Gasteiger partial charge in [-0.2, -0.15) is 0 Å². The van der Waals surface area contributed by atoms with Crippen molar-refractivity contribution in [2.75, 3.05) is 13.7 Å². The van der Waals surface area contributed by atoms with Crippen LogP contribution >= 0.6 is 15.9 Å². The van der Waals surface area contributed by atoms with Gasteiger partial charge >= 0.3 is 5.97 Å². The minimum atomic E-state index is -0.493. The summed E-state index contributed by atoms with van der Waals surface area (Å²) in [4.78, 5) is 25.5. The van der Waals surface area contributed by atoms with Crippen molar-refractivity contribution >= 4 is 27.8 Å². The Balaban J connectivity index is 1.87. The Labute approximate surface area is 144 Å². The number of carbonyl (C=O) groups excluding carboxylic acids is 2. The largest absolute Gasteiger partial charge is 0.452 e. The molecule has 0 N–H and O–H groups in total. The van der Waals surface area contributed by atoms with Crippen LogP contribution in [0.1, 0.15) is 21.5 Å². The first-order valence-corrected chi connectivity index (χ1v) is 7.98. The average molecular weight is 376 g/mol. The summed E-state index contributed by atoms with van der Waals surface area (Å²) in [5.74, 6) is -0.742. The Morgan fingerprint density at radius 1 is 1.09 bits per heavy atom. The lowest BCUT2D eigenvalue weighted by Crippen LogP contribution is -2.30. The van der Waals surface area contributed by atoms with Crippen LogP contribution in [0.4, 0.5) is 0 Å². The molecule has 0 aliphatic carbocycles. The van der Waals surface area contributed by atoms with Gasteiger partial charge in [-0.05, 0) is 30.7 Å². The number of aryl methyl sites for hydroxylation is 1. The Morgan fingerprint density at radius 3 is 2.39 bits per heavy atom. The quantitative estimate of drug-likeness (QED) is 0.750. The van der Waals surface area contributed by atoms with E-state index in [-0.39, 0.29) is 12.5 Å². The Kier molecular flexibility index (Phi) is 5.93. The fourth-order valence-electron chi connectivity index (χ4n) is 1.98. The van der Waals surface area contributed by atoms with Gasteiger partial charge in [0.25, 0.3) is 5.91 Å². The predicted octanol–water partition coefficient (Wildman–Crippen LogP) is 3.57. The highest BCUT2D eigenvalue weighted by atomic mass is 79.9. The summed E-state index contributed by atoms with van der Waals surface area (Å²) in [5, 5.41) is 0. The normalized spacial score (nSPS) is 10.2. The Bertz CT molecular complexity index is 698. The predicted molar refractivity (Wildman–Crippen MR) is 92.1 cm³/mol. The molecule has 120 valence electrons. The van der Waals surface area contributed by atoms with Crippen molar-refractivity contribution in [2.24, 2.45) is 0 Å². The Morgan fingerprint density at radius 2 is 1.74 bits per heavy atom. The molecular weight excluding hydrogens is 358 g/mol. The van der Waals surface area contributed by atoms with Gasteiger partial charge in [0.2, 0.25) is 0 Å². The lowest BCUT2D eigenvalue weighted by molar-refractivity contribution is -0.133. The molecule has 0 atom stereocenters. The van der Waals surface area contributed by atoms with Gasteiger partial charge in [0, 0.05) is 18.1 Å². The second kappa shape index (κ2) is 7.92. The van der Waals surface area contributed by atoms with Crippen molar-refractivity contribution in [3.05, 3.63) is 69.7 Å². The monoisotopic (exact) mass is 375 g/mol. The van der Waals surface area contributed by atoms with Crippen molar-refractivity contribution in [1.29, 1.82) is 0 Å². The third kappa shape index (κ3) is 4.93. The molecule has 0 fully saturated rings. The maximum Gasteiger partial charge on any atom is 0.338 e. The maximum absolute atomic E-state index is 12.1. The highest BCUT2D eigenvalue weighted by Gasteiger charge is 2.14. The van der Waals surface area contributed by atoms with Crippen LogP contribution in [-0.2, 0) is 16.1 Å². The third-order valence-corrected chi connectivity index (χ3v) is 4.18. The molecule has 0 bridgehead atoms. The van der Waals surface area contributed by atoms with Gasteiger partial charge in [-0.15, -0.1) is 0 Å². The van der Waals surface area contributed by atoms with Crippen molar-refractivity contribution in [3.63, 3.8) is 0 Å². The fraction of sp³-hybridized carbons (Fsp3) is 0.222. The van der Waals surface area contributed by atoms with Crippen LogP contribution in [0.2, 0.25) is 0 Å². The van der Waals surface area contributed by atoms with E-state index in [4.69, 9.17) is 4.74 Å². The smallest absolute Gasteiger partial charge is 0.338 e. The summed E-state index contributed by atoms with van der Waals surface area (Å²) >= 11 is 3.45. The molecule has 2 aromatic carbocycles. The first-order chi connectivity index (χ1) is 11.0. The number of benzene rings is 2. The average Bonchev–Trinajstić information content (AvgIpc) is 2.55. The maximum atomic E-state index is 12.1. The molecule has 0 aliphatic rings. The van der Waals surface area contributed by atoms with E-state index in [1.807, 2.05) is 43.3 Å². The minimum absolute atomic E-state index is 0.249. The first-order valence-electron chi connectivity index (χ1n) is 7.18. The molecule has 2 rings (SSSR count). The van der Waals surface area contributed by atoms with Gasteiger partial charge in [0.1, 0.15) is 0 Å². The van der Waals surface area contributed by atoms with Crippen molar-refractivity contribution in [1.82, 2.24) is 4.90 Å². The number of amides is 1. The second-order valence-electron chi connectivity index (χ2n) is 5.28. The molecule has 0 heterocycles. The Hall–Kier alpha value is -2.14. The van der Waals surface area contributed by atoms with E-state index < -0.39 is 5.97 Å². The van der Waals surface area contributed by atoms with E-state index in [1.165, 1.54) is 4.90 Å². The van der Waals surface area contributed by atoms with Gasteiger partial charge < -0.3 is 9.64 Å². The zero-order chi connectivity index (χ0) is 16.8. The highest BCUT2D eigenvalue weighted by molar-refractivity contribution is 9.10. The molecule has 0 spiro atoms. The fourth-order valence-corrected chi connectivity index (χ4v) is 2.39. The number of ether oxygens (including phenoxy) is 1. The van der Waals surface area contributed by atoms with Gasteiger partial charge in [-0.25, -0.2) is 4.79 Å². The van der Waals surface area contributed by atoms with E-state index in [0.29, 0.717) is 12.1 Å². The van der Waals surface area contributed by atoms with E-state index in [0.717, 1.165) is 15.6 Å². The molecule has 1 amide bonds. The molecule has 0 saturated carbocycles. The standard InChI is InChI=1S/C18H18BrNO3/c1-13-7-9-14(10-8-13)18(22)23-12-17(21)20(2)11-15-5-3-4-6-16(15)19/h3-10H,11-12H2,1-2H3. The summed E-state index contributed by atoms with van der Waals surface area (Å²) < 4.78 is 6.02. The molecule has 0 unspecified atom stereocenters. The number of esters is 1. The third-order valence-electron chi connectivity index (χ3n) is 3.41. The van der Waals surface area contributed by atoms with Crippen molar-refractivity contribution in [3.8, 4) is 0 Å². The number of halogens is 1. The molecule has 0 radical (unpaired) electrons. The van der Waals surface area contributed by atoms with E-state index in [1.54, 1.807) is 19.2 Å². The van der Waals surface area contributed by atoms with Crippen LogP contribution in [0.5, 0.6) is 0 Å². The lowest BCUT2D eigenvalue weighted by Gasteiger charge is -2.18. The number of hydrogen-bond donors (Lipinski definition) is 0. The SMILES string of the molecule is Cc1ccc(C(=O)OCC(=O)N(C)Cc2ccccc2Br)cc1. The van der Waals surface area contributed by atoms with E-state index in [2.05, 4.69) is 15.9 Å². The van der Waals surface area contributed by atoms with Gasteiger partial charge in [-0.1, -0.05) is 51.8 Å². The number of likely N-dealkylation sites (N-methyl/N-ethyl adjacent to an activating group) is 1. The molecule has 0 aromatic heterocycles. The van der Waals surface area contributed by atoms with E-state index >= 15 is 0 Å². The van der Waals surface area contributed by atoms with Crippen molar-refractivity contribution < 1.29 is 14.3 Å². The molecular formula is C18H18BrNO3. The first kappa shape index (κ1) is 17.2. The molecule has 23 heavy (non-hydrogen) atoms. The highest BCUT2D eigenvalue weighted by Crippen LogP contribution is 2.17. The number of hydrogen-bond acceptors (Lipinski definition) is 3. The minimum Gasteiger partial charge on any atom is -0.452 e. The van der Waals surface area contributed by atoms with Crippen LogP contribution in [0.3, 0.4) is 0 Å². The zero-order valence-corrected chi connectivity index (χ0v) is 14.7. The van der Waals surface area contributed by atoms with Gasteiger partial charge in [0.05, 0.1) is 5.56 Å². The number of nitrogens with zero attached hydrogens (tertiary/aromatic N) is 1. The van der Waals surface area contributed by atoms with Crippen LogP contribution in [0.15, 0.2) is 53.0 Å². The molecule has 5 heteroatoms. The lowest BCUT2D eigenvalue weighted by atomic mass is 10.1. The van der Waals surface area contributed by atoms with Crippen LogP contribution in [-0.4, -0.2) is 30.4 Å². The topological polar surface area (TPSA) is 46.6 Å². The van der Waals surface area contributed by atoms with Gasteiger partial charge in [-0.3, -0.25) is 4.79 Å². The van der Waals surface area contributed by atoms with E-state index in [9.17, 15) is 9.59 Å². The summed E-state index contributed by atoms with van der Waals surface area (Å²) in [6.07, 6.45) is 0. The van der Waals surface area contributed by atoms with Crippen LogP contribution in [0, 0.1) is 6.92 Å². The zero-order valence-electron chi connectivity index (χ0n) is 13.1. The molecule has 0 aliphatic heterocycles. The second-order valence-corrected chi connectivity index (χ2v) is 6.14. The molecule has 0 saturated heterocycles.